The van der Waals surface area contributed by atoms with Crippen LogP contribution in [0.5, 0.6) is 11.6 Å². The minimum Gasteiger partial charge on any atom is -0.497 e. The van der Waals surface area contributed by atoms with Crippen LogP contribution in [-0.4, -0.2) is 28.4 Å². The van der Waals surface area contributed by atoms with Gasteiger partial charge in [0.15, 0.2) is 5.69 Å². The third-order valence-corrected chi connectivity index (χ3v) is 4.95. The Hall–Kier alpha value is -2.80. The number of benzene rings is 2. The molecular weight excluding hydrogens is 350 g/mol. The van der Waals surface area contributed by atoms with E-state index in [-0.39, 0.29) is 17.5 Å². The molecule has 0 spiro atoms. The summed E-state index contributed by atoms with van der Waals surface area (Å²) in [5, 5.41) is 18.7. The van der Waals surface area contributed by atoms with Crippen LogP contribution in [0.25, 0.3) is 10.9 Å². The van der Waals surface area contributed by atoms with E-state index in [9.17, 15) is 9.90 Å². The van der Waals surface area contributed by atoms with Gasteiger partial charge in [-0.25, -0.2) is 0 Å². The SMILES string of the molecule is COc1ccc(CSCC(=O)N=Nc2c(O)n(C)c3ccccc23)cc1. The van der Waals surface area contributed by atoms with E-state index in [0.29, 0.717) is 11.4 Å². The number of azo groups is 1. The molecule has 26 heavy (non-hydrogen) atoms. The zero-order valence-corrected chi connectivity index (χ0v) is 15.4. The Balaban J connectivity index is 1.60. The second-order valence-electron chi connectivity index (χ2n) is 5.68. The van der Waals surface area contributed by atoms with E-state index in [2.05, 4.69) is 10.2 Å². The Morgan fingerprint density at radius 3 is 2.65 bits per heavy atom. The number of fused-ring (bicyclic) bond motifs is 1. The summed E-state index contributed by atoms with van der Waals surface area (Å²) in [6.07, 6.45) is 0. The molecule has 0 saturated heterocycles. The fraction of sp³-hybridized carbons (Fsp3) is 0.211. The Labute approximate surface area is 155 Å². The van der Waals surface area contributed by atoms with Crippen molar-refractivity contribution in [1.82, 2.24) is 4.57 Å². The van der Waals surface area contributed by atoms with Gasteiger partial charge in [-0.3, -0.25) is 4.79 Å². The molecule has 1 N–H and O–H groups in total. The highest BCUT2D eigenvalue weighted by Gasteiger charge is 2.14. The summed E-state index contributed by atoms with van der Waals surface area (Å²) in [6.45, 7) is 0. The van der Waals surface area contributed by atoms with Crippen molar-refractivity contribution in [2.75, 3.05) is 12.9 Å². The van der Waals surface area contributed by atoms with E-state index >= 15 is 0 Å². The summed E-state index contributed by atoms with van der Waals surface area (Å²) in [5.74, 6) is 1.38. The Kier molecular flexibility index (Phi) is 5.58. The maximum absolute atomic E-state index is 12.0. The van der Waals surface area contributed by atoms with Crippen LogP contribution in [0.15, 0.2) is 58.8 Å². The molecule has 0 aliphatic heterocycles. The van der Waals surface area contributed by atoms with E-state index in [1.165, 1.54) is 11.8 Å². The van der Waals surface area contributed by atoms with Gasteiger partial charge in [0.05, 0.1) is 18.4 Å². The minimum atomic E-state index is -0.337. The molecule has 3 aromatic rings. The molecule has 1 aromatic heterocycles. The first-order chi connectivity index (χ1) is 12.6. The summed E-state index contributed by atoms with van der Waals surface area (Å²) in [4.78, 5) is 12.0. The molecule has 6 nitrogen and oxygen atoms in total. The number of aromatic nitrogens is 1. The van der Waals surface area contributed by atoms with Gasteiger partial charge < -0.3 is 14.4 Å². The smallest absolute Gasteiger partial charge is 0.274 e. The van der Waals surface area contributed by atoms with Gasteiger partial charge in [-0.2, -0.15) is 0 Å². The highest BCUT2D eigenvalue weighted by atomic mass is 32.2. The molecule has 0 aliphatic carbocycles. The molecule has 1 amide bonds. The molecule has 1 heterocycles. The molecule has 3 rings (SSSR count). The van der Waals surface area contributed by atoms with Crippen molar-refractivity contribution in [3.63, 3.8) is 0 Å². The van der Waals surface area contributed by atoms with E-state index in [1.54, 1.807) is 18.7 Å². The van der Waals surface area contributed by atoms with E-state index in [0.717, 1.165) is 22.2 Å². The average Bonchev–Trinajstić information content (AvgIpc) is 2.91. The number of carbonyl (C=O) groups excluding carboxylic acids is 1. The lowest BCUT2D eigenvalue weighted by Gasteiger charge is -2.02. The number of methoxy groups -OCH3 is 1. The lowest BCUT2D eigenvalue weighted by molar-refractivity contribution is -0.115. The number of nitrogens with zero attached hydrogens (tertiary/aromatic N) is 3. The molecule has 0 saturated carbocycles. The third-order valence-electron chi connectivity index (χ3n) is 3.96. The van der Waals surface area contributed by atoms with Crippen molar-refractivity contribution in [3.8, 4) is 11.6 Å². The second-order valence-corrected chi connectivity index (χ2v) is 6.67. The molecule has 7 heteroatoms. The summed E-state index contributed by atoms with van der Waals surface area (Å²) in [7, 11) is 3.37. The van der Waals surface area contributed by atoms with Gasteiger partial charge in [-0.15, -0.1) is 22.0 Å². The molecule has 0 radical (unpaired) electrons. The van der Waals surface area contributed by atoms with Crippen molar-refractivity contribution in [2.24, 2.45) is 17.3 Å². The predicted molar refractivity (Wildman–Crippen MR) is 103 cm³/mol. The van der Waals surface area contributed by atoms with E-state index in [1.807, 2.05) is 48.5 Å². The normalized spacial score (nSPS) is 11.3. The largest absolute Gasteiger partial charge is 0.497 e. The van der Waals surface area contributed by atoms with Gasteiger partial charge in [0.25, 0.3) is 5.91 Å². The molecule has 0 fully saturated rings. The average molecular weight is 369 g/mol. The number of aromatic hydroxyl groups is 1. The summed E-state index contributed by atoms with van der Waals surface area (Å²) >= 11 is 1.46. The number of aryl methyl sites for hydroxylation is 1. The second kappa shape index (κ2) is 8.05. The molecule has 2 aromatic carbocycles. The van der Waals surface area contributed by atoms with Crippen LogP contribution in [0.1, 0.15) is 5.56 Å². The topological polar surface area (TPSA) is 76.2 Å². The van der Waals surface area contributed by atoms with Crippen LogP contribution >= 0.6 is 11.8 Å². The van der Waals surface area contributed by atoms with Crippen molar-refractivity contribution >= 4 is 34.3 Å². The first-order valence-electron chi connectivity index (χ1n) is 8.01. The van der Waals surface area contributed by atoms with Crippen LogP contribution < -0.4 is 4.74 Å². The van der Waals surface area contributed by atoms with Gasteiger partial charge in [0, 0.05) is 18.2 Å². The lowest BCUT2D eigenvalue weighted by atomic mass is 10.2. The number of amides is 1. The number of para-hydroxylation sites is 1. The summed E-state index contributed by atoms with van der Waals surface area (Å²) < 4.78 is 6.73. The van der Waals surface area contributed by atoms with Gasteiger partial charge in [0.2, 0.25) is 5.88 Å². The van der Waals surface area contributed by atoms with Crippen LogP contribution in [0, 0.1) is 0 Å². The van der Waals surface area contributed by atoms with Gasteiger partial charge in [-0.1, -0.05) is 30.3 Å². The van der Waals surface area contributed by atoms with Crippen molar-refractivity contribution in [2.45, 2.75) is 5.75 Å². The number of thioether (sulfide) groups is 1. The number of hydrogen-bond donors (Lipinski definition) is 1. The zero-order chi connectivity index (χ0) is 18.5. The van der Waals surface area contributed by atoms with Crippen LogP contribution in [0.2, 0.25) is 0 Å². The fourth-order valence-corrected chi connectivity index (χ4v) is 3.33. The monoisotopic (exact) mass is 369 g/mol. The highest BCUT2D eigenvalue weighted by Crippen LogP contribution is 2.37. The standard InChI is InChI=1S/C19H19N3O3S/c1-22-16-6-4-3-5-15(16)18(19(22)24)21-20-17(23)12-26-11-13-7-9-14(25-2)10-8-13/h3-10,24H,11-12H2,1-2H3. The minimum absolute atomic E-state index is 0.00589. The molecule has 0 atom stereocenters. The maximum atomic E-state index is 12.0. The van der Waals surface area contributed by atoms with Gasteiger partial charge in [0.1, 0.15) is 5.75 Å². The molecule has 0 bridgehead atoms. The predicted octanol–water partition coefficient (Wildman–Crippen LogP) is 4.44. The van der Waals surface area contributed by atoms with Gasteiger partial charge >= 0.3 is 0 Å². The zero-order valence-electron chi connectivity index (χ0n) is 14.5. The lowest BCUT2D eigenvalue weighted by Crippen LogP contribution is -1.96. The number of ether oxygens (including phenoxy) is 1. The van der Waals surface area contributed by atoms with Crippen LogP contribution in [0.4, 0.5) is 5.69 Å². The van der Waals surface area contributed by atoms with Crippen molar-refractivity contribution < 1.29 is 14.6 Å². The number of carbonyl (C=O) groups is 1. The first-order valence-corrected chi connectivity index (χ1v) is 9.17. The van der Waals surface area contributed by atoms with Crippen LogP contribution in [-0.2, 0) is 17.6 Å². The van der Waals surface area contributed by atoms with E-state index in [4.69, 9.17) is 4.74 Å². The molecular formula is C19H19N3O3S. The first kappa shape index (κ1) is 18.0. The maximum Gasteiger partial charge on any atom is 0.274 e. The highest BCUT2D eigenvalue weighted by molar-refractivity contribution is 7.99. The summed E-state index contributed by atoms with van der Waals surface area (Å²) in [6, 6.07) is 15.2. The molecule has 0 unspecified atom stereocenters. The fourth-order valence-electron chi connectivity index (χ4n) is 2.57. The Morgan fingerprint density at radius 1 is 1.19 bits per heavy atom. The van der Waals surface area contributed by atoms with Crippen molar-refractivity contribution in [1.29, 1.82) is 0 Å². The van der Waals surface area contributed by atoms with Crippen molar-refractivity contribution in [3.05, 3.63) is 54.1 Å². The molecule has 134 valence electrons. The van der Waals surface area contributed by atoms with E-state index < -0.39 is 0 Å². The van der Waals surface area contributed by atoms with Crippen LogP contribution in [0.3, 0.4) is 0 Å². The number of hydrogen-bond acceptors (Lipinski definition) is 5. The van der Waals surface area contributed by atoms with Gasteiger partial charge in [-0.05, 0) is 23.8 Å². The summed E-state index contributed by atoms with van der Waals surface area (Å²) in [5.41, 5.74) is 2.25. The molecule has 0 aliphatic rings. The Morgan fingerprint density at radius 2 is 1.92 bits per heavy atom. The number of rotatable bonds is 6. The Bertz CT molecular complexity index is 949. The quantitative estimate of drug-likeness (QED) is 0.652. The third kappa shape index (κ3) is 3.88.